The van der Waals surface area contributed by atoms with E-state index in [1.54, 1.807) is 17.0 Å². The minimum absolute atomic E-state index is 0.0283. The molecular formula is C23H30F3NO4. The topological polar surface area (TPSA) is 59.0 Å². The van der Waals surface area contributed by atoms with Gasteiger partial charge in [0.25, 0.3) is 0 Å². The molecule has 3 fully saturated rings. The second kappa shape index (κ2) is 8.98. The summed E-state index contributed by atoms with van der Waals surface area (Å²) < 4.78 is 48.0. The number of ether oxygens (including phenoxy) is 2. The maximum absolute atomic E-state index is 13.5. The minimum Gasteiger partial charge on any atom is -0.484 e. The van der Waals surface area contributed by atoms with Crippen molar-refractivity contribution >= 4 is 11.6 Å². The Hall–Kier alpha value is -1.80. The first-order valence-electron chi connectivity index (χ1n) is 11.1. The lowest BCUT2D eigenvalue weighted by molar-refractivity contribution is -0.153. The molecule has 8 heteroatoms. The number of carbonyl (C=O) groups is 1. The molecule has 0 bridgehead atoms. The maximum atomic E-state index is 13.5. The number of aliphatic hydroxyl groups excluding tert-OH is 1. The molecule has 1 aromatic carbocycles. The third-order valence-electron chi connectivity index (χ3n) is 6.98. The van der Waals surface area contributed by atoms with Gasteiger partial charge in [-0.2, -0.15) is 13.2 Å². The molecule has 4 rings (SSSR count). The number of alkyl halides is 3. The lowest BCUT2D eigenvalue weighted by Gasteiger charge is -2.33. The van der Waals surface area contributed by atoms with E-state index in [2.05, 4.69) is 0 Å². The molecule has 1 aliphatic heterocycles. The van der Waals surface area contributed by atoms with E-state index < -0.39 is 18.2 Å². The molecule has 1 unspecified atom stereocenters. The zero-order chi connectivity index (χ0) is 22.1. The summed E-state index contributed by atoms with van der Waals surface area (Å²) in [5, 5.41) is 9.92. The van der Waals surface area contributed by atoms with Crippen LogP contribution in [0.2, 0.25) is 0 Å². The number of hydrogen-bond acceptors (Lipinski definition) is 4. The zero-order valence-corrected chi connectivity index (χ0v) is 17.6. The molecular weight excluding hydrogens is 411 g/mol. The van der Waals surface area contributed by atoms with Crippen LogP contribution in [0.1, 0.15) is 51.4 Å². The van der Waals surface area contributed by atoms with Gasteiger partial charge < -0.3 is 19.5 Å². The van der Waals surface area contributed by atoms with E-state index in [1.165, 1.54) is 31.4 Å². The highest BCUT2D eigenvalue weighted by Crippen LogP contribution is 2.49. The van der Waals surface area contributed by atoms with Crippen LogP contribution in [0.25, 0.3) is 0 Å². The van der Waals surface area contributed by atoms with E-state index in [1.807, 2.05) is 0 Å². The number of rotatable bonds is 7. The molecule has 1 heterocycles. The second-order valence-electron chi connectivity index (χ2n) is 9.28. The van der Waals surface area contributed by atoms with Crippen molar-refractivity contribution in [3.63, 3.8) is 0 Å². The summed E-state index contributed by atoms with van der Waals surface area (Å²) in [6.45, 7) is -0.203. The molecule has 3 aliphatic rings. The SMILES string of the molecule is O=C1N(c2ccc(OCC(F)(F)F)cc2)C(COCC2CCC2)CC12CCC(O)CC2. The van der Waals surface area contributed by atoms with Gasteiger partial charge in [0.1, 0.15) is 5.75 Å². The summed E-state index contributed by atoms with van der Waals surface area (Å²) in [6.07, 6.45) is 2.06. The van der Waals surface area contributed by atoms with Crippen molar-refractivity contribution in [1.82, 2.24) is 0 Å². The van der Waals surface area contributed by atoms with Crippen LogP contribution in [0.5, 0.6) is 5.75 Å². The maximum Gasteiger partial charge on any atom is 0.422 e. The summed E-state index contributed by atoms with van der Waals surface area (Å²) in [6, 6.07) is 6.09. The Kier molecular flexibility index (Phi) is 6.49. The average molecular weight is 441 g/mol. The highest BCUT2D eigenvalue weighted by Gasteiger charge is 2.53. The van der Waals surface area contributed by atoms with Gasteiger partial charge in [0.05, 0.1) is 24.2 Å². The minimum atomic E-state index is -4.40. The van der Waals surface area contributed by atoms with Gasteiger partial charge in [-0.25, -0.2) is 0 Å². The quantitative estimate of drug-likeness (QED) is 0.678. The van der Waals surface area contributed by atoms with Crippen LogP contribution in [0.15, 0.2) is 24.3 Å². The van der Waals surface area contributed by atoms with Crippen LogP contribution in [0.3, 0.4) is 0 Å². The molecule has 2 saturated carbocycles. The highest BCUT2D eigenvalue weighted by molar-refractivity contribution is 6.00. The first-order valence-corrected chi connectivity index (χ1v) is 11.1. The standard InChI is InChI=1S/C23H30F3NO4/c24-23(25,26)15-31-20-6-4-17(5-7-20)27-18(14-30-13-16-2-1-3-16)12-22(21(27)29)10-8-19(28)9-11-22/h4-7,16,18-19,28H,1-3,8-15H2. The molecule has 1 atom stereocenters. The predicted octanol–water partition coefficient (Wildman–Crippen LogP) is 4.47. The number of anilines is 1. The molecule has 1 spiro atoms. The van der Waals surface area contributed by atoms with Crippen LogP contribution >= 0.6 is 0 Å². The summed E-state index contributed by atoms with van der Waals surface area (Å²) >= 11 is 0. The Morgan fingerprint density at radius 3 is 2.32 bits per heavy atom. The molecule has 1 saturated heterocycles. The predicted molar refractivity (Wildman–Crippen MR) is 109 cm³/mol. The van der Waals surface area contributed by atoms with Gasteiger partial charge >= 0.3 is 6.18 Å². The molecule has 5 nitrogen and oxygen atoms in total. The van der Waals surface area contributed by atoms with E-state index in [4.69, 9.17) is 9.47 Å². The monoisotopic (exact) mass is 441 g/mol. The third kappa shape index (κ3) is 5.17. The molecule has 1 amide bonds. The van der Waals surface area contributed by atoms with Crippen molar-refractivity contribution < 1.29 is 32.5 Å². The summed E-state index contributed by atoms with van der Waals surface area (Å²) in [5.41, 5.74) is 0.152. The van der Waals surface area contributed by atoms with Gasteiger partial charge in [-0.3, -0.25) is 4.79 Å². The molecule has 0 aromatic heterocycles. The van der Waals surface area contributed by atoms with Gasteiger partial charge in [0.2, 0.25) is 5.91 Å². The molecule has 1 N–H and O–H groups in total. The smallest absolute Gasteiger partial charge is 0.422 e. The molecule has 1 aromatic rings. The van der Waals surface area contributed by atoms with E-state index >= 15 is 0 Å². The van der Waals surface area contributed by atoms with E-state index in [9.17, 15) is 23.1 Å². The number of halogens is 3. The lowest BCUT2D eigenvalue weighted by atomic mass is 9.71. The Balaban J connectivity index is 1.48. The van der Waals surface area contributed by atoms with E-state index in [0.29, 0.717) is 56.9 Å². The van der Waals surface area contributed by atoms with Gasteiger partial charge in [-0.05, 0) is 75.1 Å². The first kappa shape index (κ1) is 22.4. The van der Waals surface area contributed by atoms with E-state index in [-0.39, 0.29) is 23.8 Å². The van der Waals surface area contributed by atoms with Gasteiger partial charge in [-0.1, -0.05) is 6.42 Å². The summed E-state index contributed by atoms with van der Waals surface area (Å²) in [4.78, 5) is 15.3. The van der Waals surface area contributed by atoms with Crippen LogP contribution in [0.4, 0.5) is 18.9 Å². The van der Waals surface area contributed by atoms with Crippen molar-refractivity contribution in [2.24, 2.45) is 11.3 Å². The lowest BCUT2D eigenvalue weighted by Crippen LogP contribution is -2.40. The Bertz CT molecular complexity index is 755. The largest absolute Gasteiger partial charge is 0.484 e. The fraction of sp³-hybridized carbons (Fsp3) is 0.696. The Morgan fingerprint density at radius 1 is 1.06 bits per heavy atom. The molecule has 172 valence electrons. The number of nitrogens with zero attached hydrogens (tertiary/aromatic N) is 1. The average Bonchev–Trinajstić information content (AvgIpc) is 2.96. The zero-order valence-electron chi connectivity index (χ0n) is 17.6. The van der Waals surface area contributed by atoms with Crippen molar-refractivity contribution in [3.05, 3.63) is 24.3 Å². The summed E-state index contributed by atoms with van der Waals surface area (Å²) in [7, 11) is 0. The molecule has 31 heavy (non-hydrogen) atoms. The van der Waals surface area contributed by atoms with Crippen molar-refractivity contribution in [3.8, 4) is 5.75 Å². The second-order valence-corrected chi connectivity index (χ2v) is 9.28. The summed E-state index contributed by atoms with van der Waals surface area (Å²) in [5.74, 6) is 0.746. The van der Waals surface area contributed by atoms with Crippen molar-refractivity contribution in [2.75, 3.05) is 24.7 Å². The van der Waals surface area contributed by atoms with Gasteiger partial charge in [0, 0.05) is 12.3 Å². The fourth-order valence-corrected chi connectivity index (χ4v) is 4.98. The number of carbonyl (C=O) groups excluding carboxylic acids is 1. The van der Waals surface area contributed by atoms with Crippen LogP contribution in [-0.2, 0) is 9.53 Å². The van der Waals surface area contributed by atoms with Crippen LogP contribution in [0, 0.1) is 11.3 Å². The fourth-order valence-electron chi connectivity index (χ4n) is 4.98. The molecule has 0 radical (unpaired) electrons. The van der Waals surface area contributed by atoms with Gasteiger partial charge in [0.15, 0.2) is 6.61 Å². The van der Waals surface area contributed by atoms with E-state index in [0.717, 1.165) is 0 Å². The normalized spacial score (nSPS) is 29.4. The first-order chi connectivity index (χ1) is 14.8. The number of aliphatic hydroxyl groups is 1. The number of hydrogen-bond donors (Lipinski definition) is 1. The highest BCUT2D eigenvalue weighted by atomic mass is 19.4. The third-order valence-corrected chi connectivity index (χ3v) is 6.98. The van der Waals surface area contributed by atoms with Crippen molar-refractivity contribution in [1.29, 1.82) is 0 Å². The molecule has 2 aliphatic carbocycles. The van der Waals surface area contributed by atoms with Crippen LogP contribution < -0.4 is 9.64 Å². The Labute approximate surface area is 180 Å². The van der Waals surface area contributed by atoms with Gasteiger partial charge in [-0.15, -0.1) is 0 Å². The number of benzene rings is 1. The Morgan fingerprint density at radius 2 is 1.74 bits per heavy atom. The number of amides is 1. The van der Waals surface area contributed by atoms with Crippen LogP contribution in [-0.4, -0.2) is 49.2 Å². The van der Waals surface area contributed by atoms with Crippen molar-refractivity contribution in [2.45, 2.75) is 69.7 Å².